The Labute approximate surface area is 122 Å². The lowest BCUT2D eigenvalue weighted by atomic mass is 10.2. The number of ether oxygens (including phenoxy) is 1. The molecule has 0 saturated carbocycles. The standard InChI is InChI=1S/C14H16ClN3O2/c1-10(2)6-18-13(16-9-17-18)8-20-14-11(7-19)4-3-5-12(14)15/h3-5,7,9-10H,6,8H2,1-2H3. The van der Waals surface area contributed by atoms with Crippen LogP contribution in [0, 0.1) is 5.92 Å². The number of nitrogens with zero attached hydrogens (tertiary/aromatic N) is 3. The molecule has 0 aliphatic carbocycles. The molecule has 0 amide bonds. The summed E-state index contributed by atoms with van der Waals surface area (Å²) in [7, 11) is 0. The molecule has 0 bridgehead atoms. The summed E-state index contributed by atoms with van der Waals surface area (Å²) in [6.07, 6.45) is 2.22. The Bertz CT molecular complexity index is 596. The molecular formula is C14H16ClN3O2. The third kappa shape index (κ3) is 3.36. The number of hydrogen-bond donors (Lipinski definition) is 0. The molecule has 0 saturated heterocycles. The first-order chi connectivity index (χ1) is 9.61. The van der Waals surface area contributed by atoms with Gasteiger partial charge in [0.1, 0.15) is 18.7 Å². The van der Waals surface area contributed by atoms with Gasteiger partial charge in [-0.1, -0.05) is 31.5 Å². The van der Waals surface area contributed by atoms with Gasteiger partial charge in [0, 0.05) is 6.54 Å². The van der Waals surface area contributed by atoms with Gasteiger partial charge in [0.15, 0.2) is 12.1 Å². The maximum Gasteiger partial charge on any atom is 0.164 e. The van der Waals surface area contributed by atoms with Crippen molar-refractivity contribution in [2.75, 3.05) is 0 Å². The lowest BCUT2D eigenvalue weighted by Crippen LogP contribution is -2.12. The van der Waals surface area contributed by atoms with E-state index in [1.54, 1.807) is 22.9 Å². The minimum Gasteiger partial charge on any atom is -0.483 e. The topological polar surface area (TPSA) is 57.0 Å². The molecule has 0 spiro atoms. The summed E-state index contributed by atoms with van der Waals surface area (Å²) in [5.41, 5.74) is 0.424. The van der Waals surface area contributed by atoms with Gasteiger partial charge in [0.25, 0.3) is 0 Å². The summed E-state index contributed by atoms with van der Waals surface area (Å²) in [5.74, 6) is 1.54. The second-order valence-corrected chi connectivity index (χ2v) is 5.22. The molecule has 0 atom stereocenters. The fraction of sp³-hybridized carbons (Fsp3) is 0.357. The molecule has 1 heterocycles. The monoisotopic (exact) mass is 293 g/mol. The molecule has 0 N–H and O–H groups in total. The van der Waals surface area contributed by atoms with E-state index in [0.717, 1.165) is 12.8 Å². The molecule has 0 aliphatic heterocycles. The van der Waals surface area contributed by atoms with Crippen molar-refractivity contribution in [3.8, 4) is 5.75 Å². The zero-order valence-corrected chi connectivity index (χ0v) is 12.2. The van der Waals surface area contributed by atoms with Gasteiger partial charge in [0.05, 0.1) is 10.6 Å². The molecule has 0 unspecified atom stereocenters. The second kappa shape index (κ2) is 6.52. The van der Waals surface area contributed by atoms with Crippen molar-refractivity contribution < 1.29 is 9.53 Å². The fourth-order valence-electron chi connectivity index (χ4n) is 1.81. The van der Waals surface area contributed by atoms with E-state index in [9.17, 15) is 4.79 Å². The number of para-hydroxylation sites is 1. The van der Waals surface area contributed by atoms with E-state index >= 15 is 0 Å². The van der Waals surface area contributed by atoms with E-state index in [1.807, 2.05) is 0 Å². The molecular weight excluding hydrogens is 278 g/mol. The lowest BCUT2D eigenvalue weighted by Gasteiger charge is -2.11. The molecule has 20 heavy (non-hydrogen) atoms. The Kier molecular flexibility index (Phi) is 4.74. The van der Waals surface area contributed by atoms with Crippen LogP contribution in [0.25, 0.3) is 0 Å². The normalized spacial score (nSPS) is 10.8. The van der Waals surface area contributed by atoms with Crippen molar-refractivity contribution in [3.05, 3.63) is 40.9 Å². The van der Waals surface area contributed by atoms with Crippen molar-refractivity contribution in [2.24, 2.45) is 5.92 Å². The summed E-state index contributed by atoms with van der Waals surface area (Å²) in [6.45, 7) is 5.19. The van der Waals surface area contributed by atoms with E-state index in [4.69, 9.17) is 16.3 Å². The summed E-state index contributed by atoms with van der Waals surface area (Å²) >= 11 is 6.05. The average molecular weight is 294 g/mol. The molecule has 1 aromatic carbocycles. The highest BCUT2D eigenvalue weighted by atomic mass is 35.5. The van der Waals surface area contributed by atoms with E-state index in [1.165, 1.54) is 6.33 Å². The zero-order chi connectivity index (χ0) is 14.5. The van der Waals surface area contributed by atoms with Crippen LogP contribution in [0.15, 0.2) is 24.5 Å². The largest absolute Gasteiger partial charge is 0.483 e. The first-order valence-electron chi connectivity index (χ1n) is 6.35. The number of rotatable bonds is 6. The SMILES string of the molecule is CC(C)Cn1ncnc1COc1c(Cl)cccc1C=O. The van der Waals surface area contributed by atoms with Gasteiger partial charge in [-0.15, -0.1) is 0 Å². The second-order valence-electron chi connectivity index (χ2n) is 4.82. The van der Waals surface area contributed by atoms with Gasteiger partial charge in [-0.3, -0.25) is 4.79 Å². The number of hydrogen-bond acceptors (Lipinski definition) is 4. The quantitative estimate of drug-likeness (QED) is 0.768. The predicted octanol–water partition coefficient (Wildman–Crippen LogP) is 2.98. The van der Waals surface area contributed by atoms with E-state index in [2.05, 4.69) is 23.9 Å². The Hall–Kier alpha value is -1.88. The van der Waals surface area contributed by atoms with Crippen LogP contribution in [-0.2, 0) is 13.2 Å². The summed E-state index contributed by atoms with van der Waals surface area (Å²) < 4.78 is 7.43. The Morgan fingerprint density at radius 2 is 2.25 bits per heavy atom. The van der Waals surface area contributed by atoms with Gasteiger partial charge in [-0.25, -0.2) is 9.67 Å². The molecule has 106 valence electrons. The van der Waals surface area contributed by atoms with E-state index in [0.29, 0.717) is 28.1 Å². The van der Waals surface area contributed by atoms with E-state index < -0.39 is 0 Å². The highest BCUT2D eigenvalue weighted by Crippen LogP contribution is 2.28. The predicted molar refractivity (Wildman–Crippen MR) is 76.0 cm³/mol. The van der Waals surface area contributed by atoms with Crippen molar-refractivity contribution in [2.45, 2.75) is 27.0 Å². The lowest BCUT2D eigenvalue weighted by molar-refractivity contribution is 0.111. The molecule has 0 fully saturated rings. The van der Waals surface area contributed by atoms with Gasteiger partial charge in [-0.05, 0) is 18.1 Å². The van der Waals surface area contributed by atoms with Crippen LogP contribution in [0.4, 0.5) is 0 Å². The Balaban J connectivity index is 2.13. The molecule has 2 aromatic rings. The van der Waals surface area contributed by atoms with Crippen LogP contribution in [0.5, 0.6) is 5.75 Å². The maximum absolute atomic E-state index is 11.0. The number of carbonyl (C=O) groups excluding carboxylic acids is 1. The highest BCUT2D eigenvalue weighted by Gasteiger charge is 2.11. The van der Waals surface area contributed by atoms with E-state index in [-0.39, 0.29) is 6.61 Å². The average Bonchev–Trinajstić information content (AvgIpc) is 2.83. The number of halogens is 1. The third-order valence-electron chi connectivity index (χ3n) is 2.70. The van der Waals surface area contributed by atoms with Crippen molar-refractivity contribution in [1.29, 1.82) is 0 Å². The van der Waals surface area contributed by atoms with Crippen LogP contribution in [0.2, 0.25) is 5.02 Å². The summed E-state index contributed by atoms with van der Waals surface area (Å²) in [6, 6.07) is 5.05. The van der Waals surface area contributed by atoms with Crippen LogP contribution >= 0.6 is 11.6 Å². The molecule has 0 radical (unpaired) electrons. The molecule has 5 nitrogen and oxygen atoms in total. The van der Waals surface area contributed by atoms with Crippen molar-refractivity contribution in [3.63, 3.8) is 0 Å². The zero-order valence-electron chi connectivity index (χ0n) is 11.4. The van der Waals surface area contributed by atoms with Crippen LogP contribution in [-0.4, -0.2) is 21.1 Å². The van der Waals surface area contributed by atoms with Gasteiger partial charge < -0.3 is 4.74 Å². The van der Waals surface area contributed by atoms with Crippen LogP contribution in [0.1, 0.15) is 30.0 Å². The number of carbonyl (C=O) groups is 1. The highest BCUT2D eigenvalue weighted by molar-refractivity contribution is 6.32. The number of aldehydes is 1. The smallest absolute Gasteiger partial charge is 0.164 e. The number of benzene rings is 1. The van der Waals surface area contributed by atoms with Crippen molar-refractivity contribution in [1.82, 2.24) is 14.8 Å². The van der Waals surface area contributed by atoms with Gasteiger partial charge in [-0.2, -0.15) is 5.10 Å². The van der Waals surface area contributed by atoms with Crippen LogP contribution < -0.4 is 4.74 Å². The van der Waals surface area contributed by atoms with Gasteiger partial charge >= 0.3 is 0 Å². The summed E-state index contributed by atoms with van der Waals surface area (Å²) in [4.78, 5) is 15.1. The first-order valence-corrected chi connectivity index (χ1v) is 6.72. The molecule has 2 rings (SSSR count). The minimum absolute atomic E-state index is 0.220. The Morgan fingerprint density at radius 1 is 1.45 bits per heavy atom. The molecule has 0 aliphatic rings. The van der Waals surface area contributed by atoms with Gasteiger partial charge in [0.2, 0.25) is 0 Å². The first kappa shape index (κ1) is 14.5. The van der Waals surface area contributed by atoms with Crippen molar-refractivity contribution >= 4 is 17.9 Å². The molecule has 1 aromatic heterocycles. The van der Waals surface area contributed by atoms with Crippen LogP contribution in [0.3, 0.4) is 0 Å². The Morgan fingerprint density at radius 3 is 2.95 bits per heavy atom. The minimum atomic E-state index is 0.220. The number of aromatic nitrogens is 3. The third-order valence-corrected chi connectivity index (χ3v) is 3.00. The fourth-order valence-corrected chi connectivity index (χ4v) is 2.04. The molecule has 6 heteroatoms. The summed E-state index contributed by atoms with van der Waals surface area (Å²) in [5, 5.41) is 4.56. The maximum atomic E-state index is 11.0.